The number of anilines is 1. The lowest BCUT2D eigenvalue weighted by Crippen LogP contribution is -2.24. The first-order valence-corrected chi connectivity index (χ1v) is 7.99. The number of nitrogens with two attached hydrogens (primary N) is 1. The molecule has 3 N–H and O–H groups in total. The Kier molecular flexibility index (Phi) is 4.36. The molecule has 0 atom stereocenters. The highest BCUT2D eigenvalue weighted by Gasteiger charge is 2.17. The van der Waals surface area contributed by atoms with Gasteiger partial charge in [0.05, 0.1) is 17.1 Å². The Morgan fingerprint density at radius 1 is 1.35 bits per heavy atom. The minimum Gasteiger partial charge on any atom is -0.399 e. The summed E-state index contributed by atoms with van der Waals surface area (Å²) in [4.78, 5) is 8.19. The monoisotopic (exact) mass is 356 g/mol. The fourth-order valence-corrected chi connectivity index (χ4v) is 3.57. The van der Waals surface area contributed by atoms with E-state index in [1.54, 1.807) is 31.3 Å². The van der Waals surface area contributed by atoms with Gasteiger partial charge in [-0.15, -0.1) is 0 Å². The zero-order valence-electron chi connectivity index (χ0n) is 10.7. The average Bonchev–Trinajstić information content (AvgIpc) is 2.39. The molecule has 0 saturated carbocycles. The van der Waals surface area contributed by atoms with Crippen LogP contribution >= 0.6 is 15.9 Å². The number of aryl methyl sites for hydroxylation is 1. The van der Waals surface area contributed by atoms with Crippen molar-refractivity contribution in [3.63, 3.8) is 0 Å². The SMILES string of the molecule is Cc1nccc(CNS(=O)(=O)c2cc(N)ccc2Br)n1. The summed E-state index contributed by atoms with van der Waals surface area (Å²) in [6, 6.07) is 6.27. The van der Waals surface area contributed by atoms with Gasteiger partial charge in [0, 0.05) is 16.4 Å². The first kappa shape index (κ1) is 14.9. The van der Waals surface area contributed by atoms with Gasteiger partial charge in [0.1, 0.15) is 5.82 Å². The molecular weight excluding hydrogens is 344 g/mol. The molecule has 0 bridgehead atoms. The maximum Gasteiger partial charge on any atom is 0.242 e. The molecule has 0 amide bonds. The van der Waals surface area contributed by atoms with E-state index in [1.165, 1.54) is 6.07 Å². The predicted octanol–water partition coefficient (Wildman–Crippen LogP) is 1.61. The van der Waals surface area contributed by atoms with Gasteiger partial charge in [-0.2, -0.15) is 0 Å². The molecule has 2 rings (SSSR count). The lowest BCUT2D eigenvalue weighted by molar-refractivity contribution is 0.579. The maximum absolute atomic E-state index is 12.2. The van der Waals surface area contributed by atoms with Crippen molar-refractivity contribution in [3.05, 3.63) is 46.5 Å². The van der Waals surface area contributed by atoms with E-state index in [4.69, 9.17) is 5.73 Å². The highest BCUT2D eigenvalue weighted by atomic mass is 79.9. The molecule has 0 radical (unpaired) electrons. The summed E-state index contributed by atoms with van der Waals surface area (Å²) in [6.07, 6.45) is 1.59. The summed E-state index contributed by atoms with van der Waals surface area (Å²) < 4.78 is 27.4. The lowest BCUT2D eigenvalue weighted by Gasteiger charge is -2.09. The second kappa shape index (κ2) is 5.86. The van der Waals surface area contributed by atoms with Crippen molar-refractivity contribution in [3.8, 4) is 0 Å². The molecule has 0 aliphatic rings. The van der Waals surface area contributed by atoms with Crippen LogP contribution in [-0.4, -0.2) is 18.4 Å². The first-order valence-electron chi connectivity index (χ1n) is 5.72. The van der Waals surface area contributed by atoms with Crippen LogP contribution in [0.2, 0.25) is 0 Å². The van der Waals surface area contributed by atoms with Crippen LogP contribution < -0.4 is 10.5 Å². The van der Waals surface area contributed by atoms with E-state index < -0.39 is 10.0 Å². The van der Waals surface area contributed by atoms with Gasteiger partial charge in [-0.25, -0.2) is 23.1 Å². The highest BCUT2D eigenvalue weighted by Crippen LogP contribution is 2.24. The van der Waals surface area contributed by atoms with Crippen molar-refractivity contribution in [1.29, 1.82) is 0 Å². The van der Waals surface area contributed by atoms with Crippen LogP contribution in [0.1, 0.15) is 11.5 Å². The summed E-state index contributed by atoms with van der Waals surface area (Å²) in [6.45, 7) is 1.83. The number of benzene rings is 1. The molecule has 0 saturated heterocycles. The van der Waals surface area contributed by atoms with Crippen molar-refractivity contribution in [2.24, 2.45) is 0 Å². The number of sulfonamides is 1. The summed E-state index contributed by atoms with van der Waals surface area (Å²) in [5.41, 5.74) is 6.60. The van der Waals surface area contributed by atoms with Crippen LogP contribution in [0.15, 0.2) is 39.8 Å². The van der Waals surface area contributed by atoms with Gasteiger partial charge in [0.25, 0.3) is 0 Å². The predicted molar refractivity (Wildman–Crippen MR) is 79.3 cm³/mol. The van der Waals surface area contributed by atoms with E-state index in [2.05, 4.69) is 30.6 Å². The van der Waals surface area contributed by atoms with Crippen LogP contribution in [0, 0.1) is 6.92 Å². The Balaban J connectivity index is 2.21. The summed E-state index contributed by atoms with van der Waals surface area (Å²) >= 11 is 3.20. The zero-order chi connectivity index (χ0) is 14.8. The molecule has 0 aliphatic heterocycles. The van der Waals surface area contributed by atoms with Gasteiger partial charge in [-0.1, -0.05) is 0 Å². The summed E-state index contributed by atoms with van der Waals surface area (Å²) in [5.74, 6) is 0.590. The number of aromatic nitrogens is 2. The molecule has 20 heavy (non-hydrogen) atoms. The molecule has 1 aromatic heterocycles. The van der Waals surface area contributed by atoms with Gasteiger partial charge in [-0.05, 0) is 47.1 Å². The third-order valence-corrected chi connectivity index (χ3v) is 4.92. The Morgan fingerprint density at radius 2 is 2.10 bits per heavy atom. The second-order valence-electron chi connectivity index (χ2n) is 4.11. The molecular formula is C12H13BrN4O2S. The van der Waals surface area contributed by atoms with Gasteiger partial charge in [0.15, 0.2) is 0 Å². The topological polar surface area (TPSA) is 98.0 Å². The zero-order valence-corrected chi connectivity index (χ0v) is 13.1. The highest BCUT2D eigenvalue weighted by molar-refractivity contribution is 9.10. The van der Waals surface area contributed by atoms with Crippen LogP contribution in [0.5, 0.6) is 0 Å². The minimum atomic E-state index is -3.66. The number of nitrogen functional groups attached to an aromatic ring is 1. The first-order chi connectivity index (χ1) is 9.38. The normalized spacial score (nSPS) is 11.5. The van der Waals surface area contributed by atoms with E-state index in [1.807, 2.05) is 0 Å². The Morgan fingerprint density at radius 3 is 2.80 bits per heavy atom. The molecule has 8 heteroatoms. The molecule has 6 nitrogen and oxygen atoms in total. The van der Waals surface area contributed by atoms with E-state index in [0.29, 0.717) is 21.7 Å². The van der Waals surface area contributed by atoms with E-state index in [9.17, 15) is 8.42 Å². The molecule has 0 unspecified atom stereocenters. The Hall–Kier alpha value is -1.51. The van der Waals surface area contributed by atoms with Crippen LogP contribution in [-0.2, 0) is 16.6 Å². The average molecular weight is 357 g/mol. The van der Waals surface area contributed by atoms with Crippen LogP contribution in [0.25, 0.3) is 0 Å². The molecule has 0 spiro atoms. The summed E-state index contributed by atoms with van der Waals surface area (Å²) in [7, 11) is -3.66. The van der Waals surface area contributed by atoms with E-state index in [0.717, 1.165) is 0 Å². The number of halogens is 1. The third-order valence-electron chi connectivity index (χ3n) is 2.52. The smallest absolute Gasteiger partial charge is 0.242 e. The number of rotatable bonds is 4. The third kappa shape index (κ3) is 3.53. The van der Waals surface area contributed by atoms with Crippen molar-refractivity contribution in [2.75, 3.05) is 5.73 Å². The van der Waals surface area contributed by atoms with Crippen LogP contribution in [0.4, 0.5) is 5.69 Å². The largest absolute Gasteiger partial charge is 0.399 e. The molecule has 1 aromatic carbocycles. The van der Waals surface area contributed by atoms with Gasteiger partial charge >= 0.3 is 0 Å². The van der Waals surface area contributed by atoms with Gasteiger partial charge < -0.3 is 5.73 Å². The standard InChI is InChI=1S/C12H13BrN4O2S/c1-8-15-5-4-10(17-8)7-16-20(18,19)12-6-9(14)2-3-11(12)13/h2-6,16H,7,14H2,1H3. The number of hydrogen-bond acceptors (Lipinski definition) is 5. The number of nitrogens with zero attached hydrogens (tertiary/aromatic N) is 2. The Labute approximate surface area is 125 Å². The van der Waals surface area contributed by atoms with Gasteiger partial charge in [0.2, 0.25) is 10.0 Å². The Bertz CT molecular complexity index is 734. The van der Waals surface area contributed by atoms with Crippen molar-refractivity contribution in [1.82, 2.24) is 14.7 Å². The molecule has 1 heterocycles. The fraction of sp³-hybridized carbons (Fsp3) is 0.167. The minimum absolute atomic E-state index is 0.0902. The fourth-order valence-electron chi connectivity index (χ4n) is 1.58. The van der Waals surface area contributed by atoms with Crippen LogP contribution in [0.3, 0.4) is 0 Å². The van der Waals surface area contributed by atoms with Crippen molar-refractivity contribution < 1.29 is 8.42 Å². The van der Waals surface area contributed by atoms with Crippen molar-refractivity contribution in [2.45, 2.75) is 18.4 Å². The molecule has 0 fully saturated rings. The van der Waals surface area contributed by atoms with Gasteiger partial charge in [-0.3, -0.25) is 0 Å². The number of nitrogens with one attached hydrogen (secondary N) is 1. The van der Waals surface area contributed by atoms with Crippen molar-refractivity contribution >= 4 is 31.6 Å². The lowest BCUT2D eigenvalue weighted by atomic mass is 10.3. The molecule has 2 aromatic rings. The quantitative estimate of drug-likeness (QED) is 0.810. The molecule has 0 aliphatic carbocycles. The van der Waals surface area contributed by atoms with E-state index >= 15 is 0 Å². The summed E-state index contributed by atoms with van der Waals surface area (Å²) in [5, 5.41) is 0. The number of hydrogen-bond donors (Lipinski definition) is 2. The van der Waals surface area contributed by atoms with E-state index in [-0.39, 0.29) is 11.4 Å². The molecule has 106 valence electrons. The second-order valence-corrected chi connectivity index (χ2v) is 6.70. The maximum atomic E-state index is 12.2.